The highest BCUT2D eigenvalue weighted by Gasteiger charge is 2.40. The molecule has 2 heterocycles. The van der Waals surface area contributed by atoms with Crippen molar-refractivity contribution in [1.29, 1.82) is 5.26 Å². The van der Waals surface area contributed by atoms with Crippen LogP contribution in [0.25, 0.3) is 0 Å². The summed E-state index contributed by atoms with van der Waals surface area (Å²) >= 11 is 14.0. The zero-order valence-electron chi connectivity index (χ0n) is 15.1. The third-order valence-electron chi connectivity index (χ3n) is 5.06. The predicted octanol–water partition coefficient (Wildman–Crippen LogP) is 5.67. The molecule has 2 aliphatic rings. The van der Waals surface area contributed by atoms with E-state index in [1.165, 1.54) is 0 Å². The monoisotopic (exact) mass is 429 g/mol. The highest BCUT2D eigenvalue weighted by Crippen LogP contribution is 2.48. The van der Waals surface area contributed by atoms with Crippen LogP contribution in [0.4, 0.5) is 5.69 Å². The summed E-state index contributed by atoms with van der Waals surface area (Å²) in [6, 6.07) is 11.4. The third-order valence-corrected chi connectivity index (χ3v) is 6.57. The minimum absolute atomic E-state index is 0.0654. The Labute approximate surface area is 177 Å². The number of nitrogens with zero attached hydrogens (tertiary/aromatic N) is 2. The standard InChI is InChI=1S/C21H17Cl2N3OS/c1-11-5-6-18(28-11)19-15(10-24)21(25)26(14-8-12(22)7-13(23)9-14)16-3-2-4-17(27)20(16)19/h5-9,19H,2-4,25H2,1H3. The Morgan fingerprint density at radius 1 is 1.21 bits per heavy atom. The van der Waals surface area contributed by atoms with Gasteiger partial charge in [-0.2, -0.15) is 5.26 Å². The van der Waals surface area contributed by atoms with Crippen LogP contribution in [0.5, 0.6) is 0 Å². The summed E-state index contributed by atoms with van der Waals surface area (Å²) in [5.41, 5.74) is 9.05. The van der Waals surface area contributed by atoms with Gasteiger partial charge in [0.1, 0.15) is 5.82 Å². The number of anilines is 1. The maximum absolute atomic E-state index is 13.0. The maximum atomic E-state index is 13.0. The predicted molar refractivity (Wildman–Crippen MR) is 113 cm³/mol. The van der Waals surface area contributed by atoms with E-state index in [2.05, 4.69) is 6.07 Å². The number of ketones is 1. The molecular weight excluding hydrogens is 413 g/mol. The number of carbonyl (C=O) groups is 1. The molecule has 0 saturated carbocycles. The molecule has 4 nitrogen and oxygen atoms in total. The van der Waals surface area contributed by atoms with E-state index in [1.54, 1.807) is 34.4 Å². The van der Waals surface area contributed by atoms with Gasteiger partial charge in [-0.1, -0.05) is 23.2 Å². The average Bonchev–Trinajstić information content (AvgIpc) is 3.06. The zero-order valence-corrected chi connectivity index (χ0v) is 17.5. The molecule has 0 fully saturated rings. The van der Waals surface area contributed by atoms with E-state index in [-0.39, 0.29) is 5.78 Å². The van der Waals surface area contributed by atoms with Crippen LogP contribution in [-0.4, -0.2) is 5.78 Å². The van der Waals surface area contributed by atoms with Gasteiger partial charge in [0, 0.05) is 37.5 Å². The number of Topliss-reactive ketones (excluding diaryl/α,β-unsaturated/α-hetero) is 1. The van der Waals surface area contributed by atoms with Gasteiger partial charge in [0.2, 0.25) is 0 Å². The van der Waals surface area contributed by atoms with Crippen LogP contribution in [0, 0.1) is 18.3 Å². The van der Waals surface area contributed by atoms with Gasteiger partial charge in [-0.15, -0.1) is 11.3 Å². The van der Waals surface area contributed by atoms with Crippen LogP contribution in [0.1, 0.15) is 34.9 Å². The highest BCUT2D eigenvalue weighted by molar-refractivity contribution is 7.12. The summed E-state index contributed by atoms with van der Waals surface area (Å²) < 4.78 is 0. The fourth-order valence-electron chi connectivity index (χ4n) is 3.94. The lowest BCUT2D eigenvalue weighted by Crippen LogP contribution is -2.38. The molecule has 0 spiro atoms. The van der Waals surface area contributed by atoms with Crippen LogP contribution in [0.3, 0.4) is 0 Å². The van der Waals surface area contributed by atoms with Crippen molar-refractivity contribution in [2.75, 3.05) is 4.90 Å². The Bertz CT molecular complexity index is 1070. The molecule has 1 aliphatic heterocycles. The van der Waals surface area contributed by atoms with Crippen LogP contribution >= 0.6 is 34.5 Å². The fourth-order valence-corrected chi connectivity index (χ4v) is 5.45. The molecule has 2 aromatic rings. The van der Waals surface area contributed by atoms with Crippen molar-refractivity contribution < 1.29 is 4.79 Å². The van der Waals surface area contributed by atoms with E-state index >= 15 is 0 Å². The number of carbonyl (C=O) groups excluding carboxylic acids is 1. The molecule has 28 heavy (non-hydrogen) atoms. The molecular formula is C21H17Cl2N3OS. The van der Waals surface area contributed by atoms with Crippen LogP contribution in [0.15, 0.2) is 53.0 Å². The number of nitrogens with two attached hydrogens (primary N) is 1. The van der Waals surface area contributed by atoms with Crippen molar-refractivity contribution in [1.82, 2.24) is 0 Å². The smallest absolute Gasteiger partial charge is 0.161 e. The largest absolute Gasteiger partial charge is 0.384 e. The van der Waals surface area contributed by atoms with E-state index in [9.17, 15) is 10.1 Å². The van der Waals surface area contributed by atoms with Gasteiger partial charge in [-0.05, 0) is 50.1 Å². The summed E-state index contributed by atoms with van der Waals surface area (Å²) in [7, 11) is 0. The maximum Gasteiger partial charge on any atom is 0.161 e. The molecule has 2 N–H and O–H groups in total. The van der Waals surface area contributed by atoms with Crippen LogP contribution < -0.4 is 10.6 Å². The molecule has 0 radical (unpaired) electrons. The molecule has 0 bridgehead atoms. The summed E-state index contributed by atoms with van der Waals surface area (Å²) in [5.74, 6) is -0.0292. The minimum atomic E-state index is -0.419. The molecule has 4 rings (SSSR count). The topological polar surface area (TPSA) is 70.1 Å². The molecule has 1 unspecified atom stereocenters. The lowest BCUT2D eigenvalue weighted by molar-refractivity contribution is -0.116. The summed E-state index contributed by atoms with van der Waals surface area (Å²) in [6.07, 6.45) is 1.92. The second-order valence-corrected chi connectivity index (χ2v) is 9.08. The first-order valence-corrected chi connectivity index (χ1v) is 10.5. The Balaban J connectivity index is 1.98. The second kappa shape index (κ2) is 7.29. The Hall–Kier alpha value is -2.26. The first-order valence-electron chi connectivity index (χ1n) is 8.89. The molecule has 7 heteroatoms. The first-order chi connectivity index (χ1) is 13.4. The van der Waals surface area contributed by atoms with E-state index in [0.29, 0.717) is 45.5 Å². The molecule has 0 amide bonds. The molecule has 1 atom stereocenters. The number of aryl methyl sites for hydroxylation is 1. The van der Waals surface area contributed by atoms with E-state index in [4.69, 9.17) is 28.9 Å². The normalized spacial score (nSPS) is 19.7. The number of halogens is 2. The lowest BCUT2D eigenvalue weighted by atomic mass is 9.78. The molecule has 1 aromatic carbocycles. The number of allylic oxidation sites excluding steroid dienone is 3. The van der Waals surface area contributed by atoms with E-state index < -0.39 is 5.92 Å². The number of benzene rings is 1. The Morgan fingerprint density at radius 3 is 2.54 bits per heavy atom. The Kier molecular flexibility index (Phi) is 4.96. The summed E-state index contributed by atoms with van der Waals surface area (Å²) in [4.78, 5) is 16.9. The van der Waals surface area contributed by atoms with Gasteiger partial charge in [0.25, 0.3) is 0 Å². The van der Waals surface area contributed by atoms with Crippen molar-refractivity contribution >= 4 is 46.0 Å². The van der Waals surface area contributed by atoms with Crippen molar-refractivity contribution in [2.45, 2.75) is 32.1 Å². The summed E-state index contributed by atoms with van der Waals surface area (Å²) in [5, 5.41) is 10.9. The lowest BCUT2D eigenvalue weighted by Gasteiger charge is -2.39. The SMILES string of the molecule is Cc1ccc(C2C(C#N)=C(N)N(c3cc(Cl)cc(Cl)c3)C3=C2C(=O)CCC3)s1. The summed E-state index contributed by atoms with van der Waals surface area (Å²) in [6.45, 7) is 2.01. The van der Waals surface area contributed by atoms with Crippen LogP contribution in [-0.2, 0) is 4.79 Å². The second-order valence-electron chi connectivity index (χ2n) is 6.89. The van der Waals surface area contributed by atoms with Crippen LogP contribution in [0.2, 0.25) is 10.0 Å². The number of nitriles is 1. The van der Waals surface area contributed by atoms with Gasteiger partial charge >= 0.3 is 0 Å². The van der Waals surface area contributed by atoms with Gasteiger partial charge in [0.15, 0.2) is 5.78 Å². The molecule has 0 saturated heterocycles. The van der Waals surface area contributed by atoms with Gasteiger partial charge in [0.05, 0.1) is 23.2 Å². The number of hydrogen-bond donors (Lipinski definition) is 1. The molecule has 1 aromatic heterocycles. The van der Waals surface area contributed by atoms with Gasteiger partial charge < -0.3 is 5.73 Å². The number of hydrogen-bond acceptors (Lipinski definition) is 5. The Morgan fingerprint density at radius 2 is 1.93 bits per heavy atom. The van der Waals surface area contributed by atoms with E-state index in [1.807, 2.05) is 19.1 Å². The number of thiophene rings is 1. The van der Waals surface area contributed by atoms with Gasteiger partial charge in [-0.25, -0.2) is 0 Å². The van der Waals surface area contributed by atoms with Crippen molar-refractivity contribution in [3.8, 4) is 6.07 Å². The zero-order chi connectivity index (χ0) is 20.0. The van der Waals surface area contributed by atoms with Crippen molar-refractivity contribution in [3.05, 3.63) is 72.8 Å². The average molecular weight is 430 g/mol. The first kappa shape index (κ1) is 19.1. The quantitative estimate of drug-likeness (QED) is 0.667. The molecule has 142 valence electrons. The van der Waals surface area contributed by atoms with Crippen molar-refractivity contribution in [3.63, 3.8) is 0 Å². The van der Waals surface area contributed by atoms with E-state index in [0.717, 1.165) is 21.9 Å². The highest BCUT2D eigenvalue weighted by atomic mass is 35.5. The van der Waals surface area contributed by atoms with Gasteiger partial charge in [-0.3, -0.25) is 9.69 Å². The number of rotatable bonds is 2. The van der Waals surface area contributed by atoms with Crippen molar-refractivity contribution in [2.24, 2.45) is 5.73 Å². The minimum Gasteiger partial charge on any atom is -0.384 e. The fraction of sp³-hybridized carbons (Fsp3) is 0.238. The molecule has 1 aliphatic carbocycles. The third kappa shape index (κ3) is 3.12.